The van der Waals surface area contributed by atoms with Crippen molar-refractivity contribution >= 4 is 11.8 Å². The Bertz CT molecular complexity index is 903. The van der Waals surface area contributed by atoms with E-state index in [0.717, 1.165) is 24.8 Å². The number of carbonyl (C=O) groups excluding carboxylic acids is 2. The summed E-state index contributed by atoms with van der Waals surface area (Å²) in [6.45, 7) is 2.59. The zero-order valence-corrected chi connectivity index (χ0v) is 15.4. The molecule has 0 radical (unpaired) electrons. The Hall–Kier alpha value is -2.90. The van der Waals surface area contributed by atoms with Crippen LogP contribution in [-0.2, 0) is 13.0 Å². The summed E-state index contributed by atoms with van der Waals surface area (Å²) in [6.07, 6.45) is 4.50. The number of aromatic nitrogens is 3. The lowest BCUT2D eigenvalue weighted by atomic mass is 9.90. The summed E-state index contributed by atoms with van der Waals surface area (Å²) >= 11 is 0. The largest absolute Gasteiger partial charge is 0.339 e. The summed E-state index contributed by atoms with van der Waals surface area (Å²) in [4.78, 5) is 42.3. The second-order valence-corrected chi connectivity index (χ2v) is 7.37. The molecule has 2 aliphatic rings. The molecule has 1 fully saturated rings. The minimum atomic E-state index is -0.102. The average Bonchev–Trinajstić information content (AvgIpc) is 3.12. The van der Waals surface area contributed by atoms with Gasteiger partial charge in [0.15, 0.2) is 5.69 Å². The molecule has 8 nitrogen and oxygen atoms in total. The molecule has 2 amide bonds. The zero-order chi connectivity index (χ0) is 19.0. The third kappa shape index (κ3) is 3.51. The molecule has 2 aromatic rings. The fourth-order valence-corrected chi connectivity index (χ4v) is 3.81. The molecule has 0 unspecified atom stereocenters. The Morgan fingerprint density at radius 2 is 1.96 bits per heavy atom. The van der Waals surface area contributed by atoms with Crippen LogP contribution in [0, 0.1) is 5.92 Å². The number of carbonyl (C=O) groups is 2. The Labute approximate surface area is 156 Å². The number of H-pyrrole nitrogens is 1. The number of hydrogen-bond acceptors (Lipinski definition) is 4. The molecule has 1 N–H and O–H groups in total. The second kappa shape index (κ2) is 7.02. The summed E-state index contributed by atoms with van der Waals surface area (Å²) in [5.41, 5.74) is 1.86. The molecule has 8 heteroatoms. The summed E-state index contributed by atoms with van der Waals surface area (Å²) in [5.74, 6) is 0.299. The molecule has 27 heavy (non-hydrogen) atoms. The number of nitrogens with zero attached hydrogens (tertiary/aromatic N) is 4. The van der Waals surface area contributed by atoms with Crippen LogP contribution < -0.4 is 5.56 Å². The van der Waals surface area contributed by atoms with Crippen LogP contribution in [0.15, 0.2) is 29.2 Å². The van der Waals surface area contributed by atoms with Gasteiger partial charge in [-0.05, 0) is 30.7 Å². The Morgan fingerprint density at radius 3 is 2.67 bits per heavy atom. The monoisotopic (exact) mass is 369 g/mol. The first kappa shape index (κ1) is 17.5. The van der Waals surface area contributed by atoms with Crippen LogP contribution in [0.25, 0.3) is 0 Å². The molecule has 4 rings (SSSR count). The normalized spacial score (nSPS) is 17.9. The van der Waals surface area contributed by atoms with Crippen LogP contribution >= 0.6 is 0 Å². The van der Waals surface area contributed by atoms with Crippen molar-refractivity contribution in [3.05, 3.63) is 51.7 Å². The van der Waals surface area contributed by atoms with E-state index in [1.54, 1.807) is 35.0 Å². The SMILES string of the molecule is CN1CCn2nc(C(=O)N3CCC(Cc4ccc(=O)[nH]c4)CC3)cc2C1=O. The Morgan fingerprint density at radius 1 is 1.19 bits per heavy atom. The third-order valence-corrected chi connectivity index (χ3v) is 5.49. The number of aromatic amines is 1. The molecular formula is C19H23N5O3. The number of likely N-dealkylation sites (tertiary alicyclic amines) is 1. The average molecular weight is 369 g/mol. The molecule has 4 heterocycles. The number of hydrogen-bond donors (Lipinski definition) is 1. The summed E-state index contributed by atoms with van der Waals surface area (Å²) in [5, 5.41) is 4.35. The Kier molecular flexibility index (Phi) is 4.55. The molecule has 0 saturated carbocycles. The zero-order valence-electron chi connectivity index (χ0n) is 15.4. The molecule has 0 aliphatic carbocycles. The number of nitrogens with one attached hydrogen (secondary N) is 1. The lowest BCUT2D eigenvalue weighted by Crippen LogP contribution is -2.39. The van der Waals surface area contributed by atoms with Crippen LogP contribution in [0.2, 0.25) is 0 Å². The van der Waals surface area contributed by atoms with E-state index in [1.165, 1.54) is 0 Å². The van der Waals surface area contributed by atoms with E-state index in [-0.39, 0.29) is 17.4 Å². The van der Waals surface area contributed by atoms with Crippen LogP contribution in [0.4, 0.5) is 0 Å². The van der Waals surface area contributed by atoms with Crippen LogP contribution in [0.5, 0.6) is 0 Å². The predicted octanol–water partition coefficient (Wildman–Crippen LogP) is 0.752. The molecular weight excluding hydrogens is 346 g/mol. The number of pyridine rings is 1. The highest BCUT2D eigenvalue weighted by molar-refractivity contribution is 5.98. The fraction of sp³-hybridized carbons (Fsp3) is 0.474. The lowest BCUT2D eigenvalue weighted by molar-refractivity contribution is 0.0681. The smallest absolute Gasteiger partial charge is 0.274 e. The predicted molar refractivity (Wildman–Crippen MR) is 98.6 cm³/mol. The van der Waals surface area contributed by atoms with E-state index in [1.807, 2.05) is 11.0 Å². The van der Waals surface area contributed by atoms with E-state index in [9.17, 15) is 14.4 Å². The van der Waals surface area contributed by atoms with Gasteiger partial charge in [0, 0.05) is 45.0 Å². The molecule has 0 aromatic carbocycles. The number of likely N-dealkylation sites (N-methyl/N-ethyl adjacent to an activating group) is 1. The van der Waals surface area contributed by atoms with E-state index < -0.39 is 0 Å². The Balaban J connectivity index is 1.37. The molecule has 0 bridgehead atoms. The molecule has 1 saturated heterocycles. The molecule has 2 aromatic heterocycles. The van der Waals surface area contributed by atoms with Crippen molar-refractivity contribution in [2.75, 3.05) is 26.7 Å². The molecule has 0 atom stereocenters. The van der Waals surface area contributed by atoms with E-state index >= 15 is 0 Å². The quantitative estimate of drug-likeness (QED) is 0.864. The number of rotatable bonds is 3. The van der Waals surface area contributed by atoms with Crippen molar-refractivity contribution < 1.29 is 9.59 Å². The van der Waals surface area contributed by atoms with Crippen molar-refractivity contribution in [2.24, 2.45) is 5.92 Å². The van der Waals surface area contributed by atoms with Crippen molar-refractivity contribution in [3.8, 4) is 0 Å². The van der Waals surface area contributed by atoms with Gasteiger partial charge in [0.05, 0.1) is 6.54 Å². The van der Waals surface area contributed by atoms with Gasteiger partial charge in [0.2, 0.25) is 5.56 Å². The summed E-state index contributed by atoms with van der Waals surface area (Å²) in [6, 6.07) is 5.03. The number of fused-ring (bicyclic) bond motifs is 1. The van der Waals surface area contributed by atoms with Gasteiger partial charge in [-0.3, -0.25) is 19.1 Å². The number of amides is 2. The fourth-order valence-electron chi connectivity index (χ4n) is 3.81. The van der Waals surface area contributed by atoms with Gasteiger partial charge in [-0.2, -0.15) is 5.10 Å². The lowest BCUT2D eigenvalue weighted by Gasteiger charge is -2.31. The first-order valence-corrected chi connectivity index (χ1v) is 9.31. The van der Waals surface area contributed by atoms with Crippen LogP contribution in [-0.4, -0.2) is 63.1 Å². The van der Waals surface area contributed by atoms with Crippen molar-refractivity contribution in [3.63, 3.8) is 0 Å². The molecule has 142 valence electrons. The first-order valence-electron chi connectivity index (χ1n) is 9.31. The van der Waals surface area contributed by atoms with Gasteiger partial charge < -0.3 is 14.8 Å². The van der Waals surface area contributed by atoms with Gasteiger partial charge in [-0.25, -0.2) is 0 Å². The van der Waals surface area contributed by atoms with E-state index in [0.29, 0.717) is 43.5 Å². The molecule has 0 spiro atoms. The van der Waals surface area contributed by atoms with Gasteiger partial charge >= 0.3 is 0 Å². The topological polar surface area (TPSA) is 91.3 Å². The third-order valence-electron chi connectivity index (χ3n) is 5.49. The van der Waals surface area contributed by atoms with Gasteiger partial charge in [-0.1, -0.05) is 6.07 Å². The standard InChI is InChI=1S/C19H23N5O3/c1-22-8-9-24-16(19(22)27)11-15(21-24)18(26)23-6-4-13(5-7-23)10-14-2-3-17(25)20-12-14/h2-3,11-13H,4-10H2,1H3,(H,20,25). The highest BCUT2D eigenvalue weighted by Crippen LogP contribution is 2.23. The van der Waals surface area contributed by atoms with Crippen molar-refractivity contribution in [1.82, 2.24) is 24.6 Å². The van der Waals surface area contributed by atoms with Crippen molar-refractivity contribution in [2.45, 2.75) is 25.8 Å². The van der Waals surface area contributed by atoms with Crippen molar-refractivity contribution in [1.29, 1.82) is 0 Å². The highest BCUT2D eigenvalue weighted by Gasteiger charge is 2.29. The maximum Gasteiger partial charge on any atom is 0.274 e. The van der Waals surface area contributed by atoms with Crippen LogP contribution in [0.1, 0.15) is 39.4 Å². The maximum atomic E-state index is 12.8. The second-order valence-electron chi connectivity index (χ2n) is 7.37. The maximum absolute atomic E-state index is 12.8. The van der Waals surface area contributed by atoms with Gasteiger partial charge in [0.1, 0.15) is 5.69 Å². The van der Waals surface area contributed by atoms with Crippen LogP contribution in [0.3, 0.4) is 0 Å². The van der Waals surface area contributed by atoms with Gasteiger partial charge in [0.25, 0.3) is 11.8 Å². The summed E-state index contributed by atoms with van der Waals surface area (Å²) in [7, 11) is 1.76. The first-order chi connectivity index (χ1) is 13.0. The highest BCUT2D eigenvalue weighted by atomic mass is 16.2. The summed E-state index contributed by atoms with van der Waals surface area (Å²) < 4.78 is 1.64. The van der Waals surface area contributed by atoms with E-state index in [2.05, 4.69) is 10.1 Å². The van der Waals surface area contributed by atoms with Gasteiger partial charge in [-0.15, -0.1) is 0 Å². The molecule has 2 aliphatic heterocycles. The minimum absolute atomic E-state index is 0.0904. The number of piperidine rings is 1. The van der Waals surface area contributed by atoms with E-state index in [4.69, 9.17) is 0 Å². The minimum Gasteiger partial charge on any atom is -0.339 e.